The minimum atomic E-state index is -0.543. The van der Waals surface area contributed by atoms with Crippen LogP contribution in [0.4, 0.5) is 15.9 Å². The summed E-state index contributed by atoms with van der Waals surface area (Å²) in [5.41, 5.74) is 1.94. The Morgan fingerprint density at radius 1 is 1.00 bits per heavy atom. The van der Waals surface area contributed by atoms with Gasteiger partial charge in [0.25, 0.3) is 0 Å². The Hall–Kier alpha value is -4.11. The number of fused-ring (bicyclic) bond motifs is 1. The third-order valence-electron chi connectivity index (χ3n) is 5.52. The number of nitrogens with zero attached hydrogens (tertiary/aromatic N) is 3. The molecule has 3 aromatic carbocycles. The Morgan fingerprint density at radius 3 is 2.46 bits per heavy atom. The van der Waals surface area contributed by atoms with E-state index in [-0.39, 0.29) is 17.3 Å². The lowest BCUT2D eigenvalue weighted by atomic mass is 10.1. The van der Waals surface area contributed by atoms with E-state index in [1.165, 1.54) is 32.5 Å². The van der Waals surface area contributed by atoms with Crippen LogP contribution in [0.2, 0.25) is 5.02 Å². The van der Waals surface area contributed by atoms with Crippen molar-refractivity contribution in [2.45, 2.75) is 20.4 Å². The van der Waals surface area contributed by atoms with Gasteiger partial charge in [0.05, 0.1) is 37.9 Å². The van der Waals surface area contributed by atoms with Crippen molar-refractivity contribution in [2.75, 3.05) is 25.7 Å². The summed E-state index contributed by atoms with van der Waals surface area (Å²) in [4.78, 5) is 22.5. The topological polar surface area (TPSA) is 83.0 Å². The van der Waals surface area contributed by atoms with Crippen LogP contribution in [0.25, 0.3) is 10.9 Å². The molecular formula is C27H25ClFN3O5. The Bertz CT molecular complexity index is 1450. The van der Waals surface area contributed by atoms with Crippen LogP contribution in [-0.4, -0.2) is 36.8 Å². The molecule has 0 saturated carbocycles. The molecule has 1 aromatic heterocycles. The van der Waals surface area contributed by atoms with Gasteiger partial charge in [-0.15, -0.1) is 0 Å². The highest BCUT2D eigenvalue weighted by Gasteiger charge is 2.21. The van der Waals surface area contributed by atoms with Crippen LogP contribution in [-0.2, 0) is 11.3 Å². The van der Waals surface area contributed by atoms with Crippen LogP contribution in [0.15, 0.2) is 54.9 Å². The Labute approximate surface area is 218 Å². The van der Waals surface area contributed by atoms with E-state index in [4.69, 9.17) is 30.5 Å². The summed E-state index contributed by atoms with van der Waals surface area (Å²) < 4.78 is 36.1. The van der Waals surface area contributed by atoms with Gasteiger partial charge >= 0.3 is 5.97 Å². The van der Waals surface area contributed by atoms with Gasteiger partial charge in [0.1, 0.15) is 29.5 Å². The number of benzene rings is 3. The van der Waals surface area contributed by atoms with E-state index < -0.39 is 11.8 Å². The van der Waals surface area contributed by atoms with Gasteiger partial charge in [0.15, 0.2) is 11.5 Å². The number of anilines is 2. The minimum absolute atomic E-state index is 0.0400. The van der Waals surface area contributed by atoms with Crippen LogP contribution in [0, 0.1) is 5.82 Å². The van der Waals surface area contributed by atoms with Gasteiger partial charge in [-0.05, 0) is 43.3 Å². The number of ether oxygens (including phenoxy) is 4. The molecule has 0 spiro atoms. The van der Waals surface area contributed by atoms with Gasteiger partial charge in [-0.3, -0.25) is 4.79 Å². The summed E-state index contributed by atoms with van der Waals surface area (Å²) in [6.07, 6.45) is 1.41. The SMILES string of the molecule is CCOc1ccc(CN(c2ccc(F)c(Cl)c2)c2ncnc3cc(OC)c(OC(C)=O)cc23)c(OC)c1. The average molecular weight is 526 g/mol. The van der Waals surface area contributed by atoms with Crippen molar-refractivity contribution in [3.05, 3.63) is 71.3 Å². The van der Waals surface area contributed by atoms with Crippen molar-refractivity contribution >= 4 is 40.0 Å². The summed E-state index contributed by atoms with van der Waals surface area (Å²) in [7, 11) is 3.05. The van der Waals surface area contributed by atoms with Crippen molar-refractivity contribution in [1.82, 2.24) is 9.97 Å². The smallest absolute Gasteiger partial charge is 0.308 e. The molecule has 0 atom stereocenters. The zero-order valence-corrected chi connectivity index (χ0v) is 21.5. The number of methoxy groups -OCH3 is 2. The molecule has 10 heteroatoms. The molecule has 0 aliphatic rings. The Kier molecular flexibility index (Phi) is 7.93. The number of aromatic nitrogens is 2. The van der Waals surface area contributed by atoms with Crippen LogP contribution in [0.3, 0.4) is 0 Å². The van der Waals surface area contributed by atoms with Gasteiger partial charge < -0.3 is 23.8 Å². The van der Waals surface area contributed by atoms with Gasteiger partial charge in [-0.2, -0.15) is 0 Å². The predicted molar refractivity (Wildman–Crippen MR) is 139 cm³/mol. The fourth-order valence-electron chi connectivity index (χ4n) is 3.88. The van der Waals surface area contributed by atoms with Gasteiger partial charge in [-0.25, -0.2) is 14.4 Å². The first-order valence-electron chi connectivity index (χ1n) is 11.4. The molecule has 0 unspecified atom stereocenters. The maximum atomic E-state index is 14.1. The zero-order valence-electron chi connectivity index (χ0n) is 20.7. The van der Waals surface area contributed by atoms with Crippen LogP contribution >= 0.6 is 11.6 Å². The number of rotatable bonds is 9. The first-order valence-corrected chi connectivity index (χ1v) is 11.8. The molecule has 0 bridgehead atoms. The van der Waals surface area contributed by atoms with Crippen LogP contribution in [0.5, 0.6) is 23.0 Å². The monoisotopic (exact) mass is 525 g/mol. The van der Waals surface area contributed by atoms with E-state index in [0.29, 0.717) is 46.3 Å². The van der Waals surface area contributed by atoms with Crippen molar-refractivity contribution in [3.8, 4) is 23.0 Å². The number of carbonyl (C=O) groups excluding carboxylic acids is 1. The lowest BCUT2D eigenvalue weighted by Crippen LogP contribution is -2.19. The summed E-state index contributed by atoms with van der Waals surface area (Å²) in [5.74, 6) is 1.26. The molecule has 1 heterocycles. The van der Waals surface area contributed by atoms with Crippen LogP contribution in [0.1, 0.15) is 19.4 Å². The van der Waals surface area contributed by atoms with Gasteiger partial charge in [0, 0.05) is 35.7 Å². The molecule has 0 fully saturated rings. The second kappa shape index (κ2) is 11.3. The minimum Gasteiger partial charge on any atom is -0.496 e. The molecular weight excluding hydrogens is 501 g/mol. The third kappa shape index (κ3) is 5.67. The van der Waals surface area contributed by atoms with Crippen molar-refractivity contribution in [3.63, 3.8) is 0 Å². The third-order valence-corrected chi connectivity index (χ3v) is 5.81. The first-order chi connectivity index (χ1) is 17.8. The fraction of sp³-hybridized carbons (Fsp3) is 0.222. The van der Waals surface area contributed by atoms with E-state index in [2.05, 4.69) is 9.97 Å². The highest BCUT2D eigenvalue weighted by molar-refractivity contribution is 6.31. The van der Waals surface area contributed by atoms with E-state index in [9.17, 15) is 9.18 Å². The Morgan fingerprint density at radius 2 is 1.78 bits per heavy atom. The molecule has 0 aliphatic carbocycles. The molecule has 0 N–H and O–H groups in total. The lowest BCUT2D eigenvalue weighted by molar-refractivity contribution is -0.132. The number of carbonyl (C=O) groups is 1. The summed E-state index contributed by atoms with van der Waals surface area (Å²) in [5, 5.41) is 0.534. The van der Waals surface area contributed by atoms with Crippen molar-refractivity contribution < 1.29 is 28.1 Å². The van der Waals surface area contributed by atoms with E-state index in [1.54, 1.807) is 31.4 Å². The largest absolute Gasteiger partial charge is 0.496 e. The number of hydrogen-bond donors (Lipinski definition) is 0. The molecule has 0 saturated heterocycles. The van der Waals surface area contributed by atoms with Crippen molar-refractivity contribution in [1.29, 1.82) is 0 Å². The maximum absolute atomic E-state index is 14.1. The quantitative estimate of drug-likeness (QED) is 0.191. The average Bonchev–Trinajstić information content (AvgIpc) is 2.88. The van der Waals surface area contributed by atoms with E-state index >= 15 is 0 Å². The number of halogens is 2. The second-order valence-corrected chi connectivity index (χ2v) is 8.31. The molecule has 8 nitrogen and oxygen atoms in total. The molecule has 0 aliphatic heterocycles. The number of esters is 1. The van der Waals surface area contributed by atoms with E-state index in [1.807, 2.05) is 24.0 Å². The summed E-state index contributed by atoms with van der Waals surface area (Å²) >= 11 is 6.15. The molecule has 192 valence electrons. The van der Waals surface area contributed by atoms with Gasteiger partial charge in [-0.1, -0.05) is 11.6 Å². The molecule has 0 radical (unpaired) electrons. The first kappa shape index (κ1) is 26.0. The van der Waals surface area contributed by atoms with Gasteiger partial charge in [0.2, 0.25) is 0 Å². The fourth-order valence-corrected chi connectivity index (χ4v) is 4.06. The summed E-state index contributed by atoms with van der Waals surface area (Å²) in [6, 6.07) is 13.2. The molecule has 0 amide bonds. The second-order valence-electron chi connectivity index (χ2n) is 7.90. The molecule has 4 aromatic rings. The van der Waals surface area contributed by atoms with Crippen LogP contribution < -0.4 is 23.8 Å². The normalized spacial score (nSPS) is 10.8. The standard InChI is InChI=1S/C27H25ClFN3O5/c1-5-36-19-8-6-17(24(11-19)34-3)14-32(18-7-9-22(29)21(28)10-18)27-20-12-26(37-16(2)33)25(35-4)13-23(20)30-15-31-27/h6-13,15H,5,14H2,1-4H3. The lowest BCUT2D eigenvalue weighted by Gasteiger charge is -2.26. The molecule has 4 rings (SSSR count). The highest BCUT2D eigenvalue weighted by atomic mass is 35.5. The Balaban J connectivity index is 1.91. The summed E-state index contributed by atoms with van der Waals surface area (Å²) in [6.45, 7) is 4.00. The maximum Gasteiger partial charge on any atom is 0.308 e. The predicted octanol–water partition coefficient (Wildman–Crippen LogP) is 6.10. The molecule has 37 heavy (non-hydrogen) atoms. The highest BCUT2D eigenvalue weighted by Crippen LogP contribution is 2.39. The van der Waals surface area contributed by atoms with E-state index in [0.717, 1.165) is 5.56 Å². The zero-order chi connectivity index (χ0) is 26.5. The van der Waals surface area contributed by atoms with Crippen molar-refractivity contribution in [2.24, 2.45) is 0 Å². The number of hydrogen-bond acceptors (Lipinski definition) is 8.